The molecule has 0 spiro atoms. The molecule has 1 aliphatic rings. The number of sulfonamides is 1. The molecule has 1 fully saturated rings. The molecule has 0 aromatic heterocycles. The number of rotatable bonds is 6. The van der Waals surface area contributed by atoms with E-state index in [1.165, 1.54) is 32.4 Å². The predicted octanol–water partition coefficient (Wildman–Crippen LogP) is 0.512. The lowest BCUT2D eigenvalue weighted by molar-refractivity contribution is 0.0857. The SMILES string of the molecule is CNS(=O)(=O)c1cc(C(=O)NCC2CCCO2)ccc1OC. The van der Waals surface area contributed by atoms with Crippen LogP contribution in [0.5, 0.6) is 5.75 Å². The molecule has 1 aliphatic heterocycles. The summed E-state index contributed by atoms with van der Waals surface area (Å²) in [6, 6.07) is 4.29. The van der Waals surface area contributed by atoms with Crippen LogP contribution in [-0.2, 0) is 14.8 Å². The monoisotopic (exact) mass is 328 g/mol. The molecule has 22 heavy (non-hydrogen) atoms. The Morgan fingerprint density at radius 1 is 1.45 bits per heavy atom. The lowest BCUT2D eigenvalue weighted by Crippen LogP contribution is -2.32. The number of ether oxygens (including phenoxy) is 2. The smallest absolute Gasteiger partial charge is 0.251 e. The molecule has 1 aromatic carbocycles. The average Bonchev–Trinajstić information content (AvgIpc) is 3.05. The molecule has 0 aliphatic carbocycles. The second kappa shape index (κ2) is 7.08. The summed E-state index contributed by atoms with van der Waals surface area (Å²) in [6.07, 6.45) is 1.94. The Morgan fingerprint density at radius 3 is 2.82 bits per heavy atom. The van der Waals surface area contributed by atoms with Gasteiger partial charge in [0, 0.05) is 18.7 Å². The van der Waals surface area contributed by atoms with Crippen LogP contribution >= 0.6 is 0 Å². The summed E-state index contributed by atoms with van der Waals surface area (Å²) in [5.41, 5.74) is 0.257. The summed E-state index contributed by atoms with van der Waals surface area (Å²) in [4.78, 5) is 12.1. The van der Waals surface area contributed by atoms with Crippen LogP contribution in [0.1, 0.15) is 23.2 Å². The normalized spacial score (nSPS) is 18.2. The fraction of sp³-hybridized carbons (Fsp3) is 0.500. The Labute approximate surface area is 130 Å². The lowest BCUT2D eigenvalue weighted by Gasteiger charge is -2.13. The first kappa shape index (κ1) is 16.7. The van der Waals surface area contributed by atoms with E-state index in [1.54, 1.807) is 0 Å². The largest absolute Gasteiger partial charge is 0.495 e. The van der Waals surface area contributed by atoms with Gasteiger partial charge < -0.3 is 14.8 Å². The van der Waals surface area contributed by atoms with Gasteiger partial charge >= 0.3 is 0 Å². The molecule has 7 nitrogen and oxygen atoms in total. The van der Waals surface area contributed by atoms with Gasteiger partial charge in [-0.05, 0) is 38.1 Å². The van der Waals surface area contributed by atoms with Crippen molar-refractivity contribution in [3.63, 3.8) is 0 Å². The Morgan fingerprint density at radius 2 is 2.23 bits per heavy atom. The van der Waals surface area contributed by atoms with Gasteiger partial charge in [-0.2, -0.15) is 0 Å². The van der Waals surface area contributed by atoms with Gasteiger partial charge in [0.15, 0.2) is 0 Å². The summed E-state index contributed by atoms with van der Waals surface area (Å²) in [6.45, 7) is 1.13. The molecule has 1 aromatic rings. The number of carbonyl (C=O) groups excluding carboxylic acids is 1. The van der Waals surface area contributed by atoms with Crippen molar-refractivity contribution in [3.05, 3.63) is 23.8 Å². The molecule has 1 heterocycles. The van der Waals surface area contributed by atoms with Gasteiger partial charge in [0.25, 0.3) is 5.91 Å². The van der Waals surface area contributed by atoms with E-state index in [9.17, 15) is 13.2 Å². The molecule has 1 atom stereocenters. The first-order valence-electron chi connectivity index (χ1n) is 6.99. The third kappa shape index (κ3) is 3.76. The molecule has 2 rings (SSSR count). The Balaban J connectivity index is 2.17. The Kier molecular flexibility index (Phi) is 5.38. The van der Waals surface area contributed by atoms with Crippen LogP contribution < -0.4 is 14.8 Å². The van der Waals surface area contributed by atoms with Crippen LogP contribution in [-0.4, -0.2) is 47.7 Å². The van der Waals surface area contributed by atoms with Crippen LogP contribution in [0.25, 0.3) is 0 Å². The highest BCUT2D eigenvalue weighted by molar-refractivity contribution is 7.89. The summed E-state index contributed by atoms with van der Waals surface area (Å²) in [7, 11) is -1.03. The van der Waals surface area contributed by atoms with Gasteiger partial charge in [0.2, 0.25) is 10.0 Å². The molecule has 8 heteroatoms. The maximum atomic E-state index is 12.1. The number of hydrogen-bond donors (Lipinski definition) is 2. The highest BCUT2D eigenvalue weighted by atomic mass is 32.2. The van der Waals surface area contributed by atoms with Crippen LogP contribution in [0.3, 0.4) is 0 Å². The summed E-state index contributed by atoms with van der Waals surface area (Å²) < 4.78 is 36.6. The number of amides is 1. The fourth-order valence-electron chi connectivity index (χ4n) is 2.25. The number of hydrogen-bond acceptors (Lipinski definition) is 5. The van der Waals surface area contributed by atoms with E-state index in [0.29, 0.717) is 13.2 Å². The van der Waals surface area contributed by atoms with E-state index >= 15 is 0 Å². The standard InChI is InChI=1S/C14H20N2O5S/c1-15-22(18,19)13-8-10(5-6-12(13)20-2)14(17)16-9-11-4-3-7-21-11/h5-6,8,11,15H,3-4,7,9H2,1-2H3,(H,16,17). The van der Waals surface area contributed by atoms with Crippen LogP contribution in [0.4, 0.5) is 0 Å². The first-order valence-corrected chi connectivity index (χ1v) is 8.47. The zero-order valence-corrected chi connectivity index (χ0v) is 13.4. The minimum absolute atomic E-state index is 0.0303. The molecule has 0 radical (unpaired) electrons. The molecular formula is C14H20N2O5S. The number of carbonyl (C=O) groups is 1. The Bertz CT molecular complexity index is 639. The van der Waals surface area contributed by atoms with Gasteiger partial charge in [-0.3, -0.25) is 4.79 Å². The van der Waals surface area contributed by atoms with Crippen molar-refractivity contribution in [2.24, 2.45) is 0 Å². The zero-order valence-electron chi connectivity index (χ0n) is 12.6. The lowest BCUT2D eigenvalue weighted by atomic mass is 10.2. The van der Waals surface area contributed by atoms with Crippen LogP contribution in [0, 0.1) is 0 Å². The number of benzene rings is 1. The number of nitrogens with one attached hydrogen (secondary N) is 2. The van der Waals surface area contributed by atoms with E-state index in [4.69, 9.17) is 9.47 Å². The predicted molar refractivity (Wildman–Crippen MR) is 80.5 cm³/mol. The minimum Gasteiger partial charge on any atom is -0.495 e. The second-order valence-corrected chi connectivity index (χ2v) is 6.77. The van der Waals surface area contributed by atoms with Crippen molar-refractivity contribution >= 4 is 15.9 Å². The second-order valence-electron chi connectivity index (χ2n) is 4.92. The Hall–Kier alpha value is -1.64. The van der Waals surface area contributed by atoms with Gasteiger partial charge in [0.1, 0.15) is 10.6 Å². The van der Waals surface area contributed by atoms with Crippen molar-refractivity contribution in [3.8, 4) is 5.75 Å². The quantitative estimate of drug-likeness (QED) is 0.794. The molecule has 1 amide bonds. The summed E-state index contributed by atoms with van der Waals surface area (Å²) in [5, 5.41) is 2.76. The molecule has 2 N–H and O–H groups in total. The molecule has 122 valence electrons. The van der Waals surface area contributed by atoms with Crippen molar-refractivity contribution in [2.45, 2.75) is 23.8 Å². The third-order valence-corrected chi connectivity index (χ3v) is 4.93. The van der Waals surface area contributed by atoms with Crippen molar-refractivity contribution < 1.29 is 22.7 Å². The summed E-state index contributed by atoms with van der Waals surface area (Å²) in [5.74, 6) is -0.157. The van der Waals surface area contributed by atoms with E-state index in [2.05, 4.69) is 10.0 Å². The van der Waals surface area contributed by atoms with Crippen molar-refractivity contribution in [1.29, 1.82) is 0 Å². The van der Waals surface area contributed by atoms with Gasteiger partial charge in [-0.1, -0.05) is 0 Å². The fourth-order valence-corrected chi connectivity index (χ4v) is 3.17. The zero-order chi connectivity index (χ0) is 16.2. The van der Waals surface area contributed by atoms with Gasteiger partial charge in [-0.15, -0.1) is 0 Å². The first-order chi connectivity index (χ1) is 10.5. The topological polar surface area (TPSA) is 93.7 Å². The van der Waals surface area contributed by atoms with Gasteiger partial charge in [-0.25, -0.2) is 13.1 Å². The number of methoxy groups -OCH3 is 1. The van der Waals surface area contributed by atoms with E-state index in [1.807, 2.05) is 0 Å². The molecule has 1 unspecified atom stereocenters. The molecule has 0 bridgehead atoms. The van der Waals surface area contributed by atoms with Gasteiger partial charge in [0.05, 0.1) is 13.2 Å². The van der Waals surface area contributed by atoms with Crippen LogP contribution in [0.15, 0.2) is 23.1 Å². The maximum absolute atomic E-state index is 12.1. The van der Waals surface area contributed by atoms with E-state index < -0.39 is 10.0 Å². The van der Waals surface area contributed by atoms with E-state index in [-0.39, 0.29) is 28.2 Å². The molecule has 1 saturated heterocycles. The van der Waals surface area contributed by atoms with Crippen molar-refractivity contribution in [2.75, 3.05) is 27.3 Å². The third-order valence-electron chi connectivity index (χ3n) is 3.50. The average molecular weight is 328 g/mol. The maximum Gasteiger partial charge on any atom is 0.251 e. The highest BCUT2D eigenvalue weighted by Crippen LogP contribution is 2.24. The minimum atomic E-state index is -3.71. The molecular weight excluding hydrogens is 308 g/mol. The van der Waals surface area contributed by atoms with Crippen LogP contribution in [0.2, 0.25) is 0 Å². The molecule has 0 saturated carbocycles. The highest BCUT2D eigenvalue weighted by Gasteiger charge is 2.21. The summed E-state index contributed by atoms with van der Waals surface area (Å²) >= 11 is 0. The van der Waals surface area contributed by atoms with E-state index in [0.717, 1.165) is 12.8 Å². The van der Waals surface area contributed by atoms with Crippen molar-refractivity contribution in [1.82, 2.24) is 10.0 Å².